The summed E-state index contributed by atoms with van der Waals surface area (Å²) in [7, 11) is 1.33. The molecule has 0 spiro atoms. The molecule has 0 radical (unpaired) electrons. The minimum absolute atomic E-state index is 0. The van der Waals surface area contributed by atoms with E-state index >= 15 is 0 Å². The van der Waals surface area contributed by atoms with Crippen LogP contribution in [0.3, 0.4) is 0 Å². The van der Waals surface area contributed by atoms with Crippen molar-refractivity contribution >= 4 is 70.6 Å². The molecule has 3 aliphatic rings. The van der Waals surface area contributed by atoms with E-state index in [9.17, 15) is 14.7 Å². The van der Waals surface area contributed by atoms with Crippen molar-refractivity contribution in [3.8, 4) is 0 Å². The number of nitrogens with one attached hydrogen (secondary N) is 2. The van der Waals surface area contributed by atoms with Gasteiger partial charge < -0.3 is 34.8 Å². The van der Waals surface area contributed by atoms with Crippen molar-refractivity contribution in [2.45, 2.75) is 66.8 Å². The third kappa shape index (κ3) is 5.59. The molecule has 8 bridgehead atoms. The first-order valence-corrected chi connectivity index (χ1v) is 16.1. The van der Waals surface area contributed by atoms with Crippen LogP contribution in [0.5, 0.6) is 0 Å². The SMILES string of the molecule is C=Cc1c2[n-]c(c1C)/C=C1\NC(C3=c4[nH]c(c(C)c4=C(O)[C@@H]3C(=O)OC)/C=c3\[n-]/c(c(C)c3CC)=C\2)[C@@H](CCC(=O)OCC)[C@@H]1C.[Mg+2]. The number of esters is 2. The van der Waals surface area contributed by atoms with Crippen molar-refractivity contribution in [1.29, 1.82) is 0 Å². The van der Waals surface area contributed by atoms with E-state index < -0.39 is 11.9 Å². The van der Waals surface area contributed by atoms with Crippen LogP contribution in [0.2, 0.25) is 0 Å². The first-order chi connectivity index (χ1) is 22.0. The Balaban J connectivity index is 0.00000433. The Hall–Kier alpha value is -3.89. The van der Waals surface area contributed by atoms with Crippen LogP contribution in [0.1, 0.15) is 78.5 Å². The molecule has 0 amide bonds. The molecule has 1 unspecified atom stereocenters. The molecular formula is C37H42MgN4O5. The van der Waals surface area contributed by atoms with Crippen LogP contribution in [-0.2, 0) is 25.5 Å². The Bertz CT molecular complexity index is 2060. The van der Waals surface area contributed by atoms with Gasteiger partial charge in [0.1, 0.15) is 11.7 Å². The summed E-state index contributed by atoms with van der Waals surface area (Å²) in [4.78, 5) is 39.6. The molecule has 3 N–H and O–H groups in total. The average molecular weight is 647 g/mol. The molecular weight excluding hydrogens is 605 g/mol. The Morgan fingerprint density at radius 1 is 1.04 bits per heavy atom. The van der Waals surface area contributed by atoms with Gasteiger partial charge in [-0.05, 0) is 63.2 Å². The van der Waals surface area contributed by atoms with Crippen molar-refractivity contribution in [1.82, 2.24) is 20.3 Å². The van der Waals surface area contributed by atoms with Crippen LogP contribution in [0.4, 0.5) is 0 Å². The predicted octanol–water partition coefficient (Wildman–Crippen LogP) is 1.88. The number of hydrogen-bond acceptors (Lipinski definition) is 6. The quantitative estimate of drug-likeness (QED) is 0.262. The number of methoxy groups -OCH3 is 1. The van der Waals surface area contributed by atoms with Crippen LogP contribution in [0, 0.1) is 38.5 Å². The summed E-state index contributed by atoms with van der Waals surface area (Å²) in [5.41, 5.74) is 9.08. The maximum atomic E-state index is 13.4. The summed E-state index contributed by atoms with van der Waals surface area (Å²) < 4.78 is 10.5. The first kappa shape index (κ1) is 34.4. The van der Waals surface area contributed by atoms with Crippen LogP contribution < -0.4 is 36.6 Å². The molecule has 1 fully saturated rings. The number of hydrogen-bond donors (Lipinski definition) is 3. The van der Waals surface area contributed by atoms with Crippen molar-refractivity contribution in [2.75, 3.05) is 13.7 Å². The monoisotopic (exact) mass is 646 g/mol. The van der Waals surface area contributed by atoms with Crippen molar-refractivity contribution < 1.29 is 24.2 Å². The zero-order chi connectivity index (χ0) is 33.0. The number of aliphatic hydroxyl groups is 1. The van der Waals surface area contributed by atoms with Gasteiger partial charge in [0.05, 0.1) is 25.1 Å². The fraction of sp³-hybridized carbons (Fsp3) is 0.405. The molecule has 242 valence electrons. The number of allylic oxidation sites excluding steroid dienone is 1. The first-order valence-electron chi connectivity index (χ1n) is 16.1. The Kier molecular flexibility index (Phi) is 9.76. The topological polar surface area (TPSA) is 129 Å². The van der Waals surface area contributed by atoms with E-state index in [0.717, 1.165) is 67.7 Å². The van der Waals surface area contributed by atoms with Crippen molar-refractivity contribution in [2.24, 2.45) is 17.8 Å². The van der Waals surface area contributed by atoms with Gasteiger partial charge in [-0.1, -0.05) is 61.4 Å². The van der Waals surface area contributed by atoms with Gasteiger partial charge in [-0.15, -0.1) is 22.1 Å². The van der Waals surface area contributed by atoms with Gasteiger partial charge >= 0.3 is 35.0 Å². The molecule has 3 aromatic heterocycles. The van der Waals surface area contributed by atoms with Gasteiger partial charge in [0.25, 0.3) is 0 Å². The van der Waals surface area contributed by atoms with Gasteiger partial charge in [-0.25, -0.2) is 0 Å². The summed E-state index contributed by atoms with van der Waals surface area (Å²) in [6.07, 6.45) is 9.51. The average Bonchev–Trinajstić information content (AvgIpc) is 3.77. The van der Waals surface area contributed by atoms with E-state index in [-0.39, 0.29) is 59.1 Å². The van der Waals surface area contributed by atoms with E-state index in [1.165, 1.54) is 7.11 Å². The normalized spacial score (nSPS) is 23.4. The Labute approximate surface area is 290 Å². The van der Waals surface area contributed by atoms with E-state index in [2.05, 4.69) is 43.7 Å². The zero-order valence-corrected chi connectivity index (χ0v) is 29.8. The number of rotatable bonds is 7. The smallest absolute Gasteiger partial charge is 0.657 e. The Morgan fingerprint density at radius 2 is 1.79 bits per heavy atom. The van der Waals surface area contributed by atoms with Crippen LogP contribution in [0.25, 0.3) is 35.6 Å². The summed E-state index contributed by atoms with van der Waals surface area (Å²) in [5.74, 6) is -1.96. The van der Waals surface area contributed by atoms with E-state index in [4.69, 9.17) is 19.4 Å². The molecule has 47 heavy (non-hydrogen) atoms. The number of fused-ring (bicyclic) bond motifs is 8. The number of nitrogens with zero attached hydrogens (tertiary/aromatic N) is 2. The van der Waals surface area contributed by atoms with Gasteiger partial charge in [0.15, 0.2) is 0 Å². The van der Waals surface area contributed by atoms with Gasteiger partial charge in [-0.3, -0.25) is 9.59 Å². The van der Waals surface area contributed by atoms with Crippen LogP contribution in [0.15, 0.2) is 12.3 Å². The van der Waals surface area contributed by atoms with Crippen molar-refractivity contribution in [3.63, 3.8) is 0 Å². The molecule has 1 saturated heterocycles. The number of ether oxygens (including phenoxy) is 2. The maximum Gasteiger partial charge on any atom is 2.00 e. The van der Waals surface area contributed by atoms with Gasteiger partial charge in [0.2, 0.25) is 0 Å². The van der Waals surface area contributed by atoms with Crippen LogP contribution in [-0.4, -0.2) is 64.8 Å². The standard InChI is InChI=1S/C37H42N4O5.Mg/c1-9-21-17(4)24-14-26-19(6)23(12-13-30(42)46-11-3)34(40-26)32-33(37(44)45-8)36(43)31-20(7)27(41-35(31)32)16-29-22(10-2)18(5)25(39-29)15-28(21)38-24;/h9,14-16,19,23,33-34,40-41,43H,1,10-13H2,2-8H3;/q-2;+2/b25-15-,26-14-,29-16-;/t19-,23-,33+,34?;/m0./s1. The molecule has 5 heterocycles. The summed E-state index contributed by atoms with van der Waals surface area (Å²) in [6.45, 7) is 16.5. The minimum atomic E-state index is -0.989. The molecule has 6 rings (SSSR count). The molecule has 10 heteroatoms. The number of carbonyl (C=O) groups excluding carboxylic acids is 2. The fourth-order valence-corrected chi connectivity index (χ4v) is 7.63. The largest absolute Gasteiger partial charge is 2.00 e. The predicted molar refractivity (Wildman–Crippen MR) is 184 cm³/mol. The summed E-state index contributed by atoms with van der Waals surface area (Å²) >= 11 is 0. The Morgan fingerprint density at radius 3 is 2.45 bits per heavy atom. The second-order valence-electron chi connectivity index (χ2n) is 12.5. The molecule has 0 saturated carbocycles. The molecule has 1 aliphatic carbocycles. The number of aromatic nitrogens is 3. The molecule has 0 aromatic carbocycles. The third-order valence-corrected chi connectivity index (χ3v) is 10.2. The molecule has 4 atom stereocenters. The number of aliphatic hydroxyl groups excluding tert-OH is 1. The van der Waals surface area contributed by atoms with Crippen LogP contribution >= 0.6 is 0 Å². The summed E-state index contributed by atoms with van der Waals surface area (Å²) in [5, 5.41) is 18.4. The number of carbonyl (C=O) groups is 2. The van der Waals surface area contributed by atoms with E-state index in [1.54, 1.807) is 6.92 Å². The maximum absolute atomic E-state index is 13.4. The molecule has 3 aromatic rings. The molecule has 2 aliphatic heterocycles. The minimum Gasteiger partial charge on any atom is -0.657 e. The third-order valence-electron chi connectivity index (χ3n) is 10.2. The zero-order valence-electron chi connectivity index (χ0n) is 28.3. The van der Waals surface area contributed by atoms with Gasteiger partial charge in [-0.2, -0.15) is 0 Å². The molecule has 9 nitrogen and oxygen atoms in total. The summed E-state index contributed by atoms with van der Waals surface area (Å²) in [6, 6.07) is -0.390. The van der Waals surface area contributed by atoms with E-state index in [1.807, 2.05) is 32.1 Å². The second kappa shape index (κ2) is 13.3. The fourth-order valence-electron chi connectivity index (χ4n) is 7.63. The van der Waals surface area contributed by atoms with E-state index in [0.29, 0.717) is 29.2 Å². The second-order valence-corrected chi connectivity index (χ2v) is 12.5. The number of aromatic amines is 1. The van der Waals surface area contributed by atoms with Crippen molar-refractivity contribution in [3.05, 3.63) is 78.4 Å². The number of H-pyrrole nitrogens is 1. The van der Waals surface area contributed by atoms with Gasteiger partial charge in [0, 0.05) is 28.9 Å².